The lowest BCUT2D eigenvalue weighted by molar-refractivity contribution is 0.268. The first-order chi connectivity index (χ1) is 11.0. The molecule has 128 valence electrons. The predicted octanol–water partition coefficient (Wildman–Crippen LogP) is 3.12. The van der Waals surface area contributed by atoms with Crippen molar-refractivity contribution in [1.29, 1.82) is 0 Å². The first-order valence-electron chi connectivity index (χ1n) is 8.47. The molecule has 4 nitrogen and oxygen atoms in total. The maximum atomic E-state index is 13.0. The van der Waals surface area contributed by atoms with Gasteiger partial charge in [-0.05, 0) is 42.9 Å². The van der Waals surface area contributed by atoms with Crippen LogP contribution in [0.2, 0.25) is 0 Å². The molecule has 1 aromatic carbocycles. The summed E-state index contributed by atoms with van der Waals surface area (Å²) < 4.78 is 41.9. The lowest BCUT2D eigenvalue weighted by atomic mass is 9.96. The van der Waals surface area contributed by atoms with Crippen LogP contribution < -0.4 is 0 Å². The Kier molecular flexibility index (Phi) is 5.04. The number of halogens is 1. The van der Waals surface area contributed by atoms with Gasteiger partial charge in [-0.3, -0.25) is 0 Å². The molecule has 1 aliphatic heterocycles. The quantitative estimate of drug-likeness (QED) is 0.845. The average molecular weight is 340 g/mol. The smallest absolute Gasteiger partial charge is 0.207 e. The van der Waals surface area contributed by atoms with Crippen LogP contribution in [0.15, 0.2) is 24.3 Å². The number of benzene rings is 1. The molecule has 1 aromatic rings. The van der Waals surface area contributed by atoms with Crippen LogP contribution in [0.5, 0.6) is 0 Å². The standard InChI is InChI=1S/C17H25FN2O2S/c1-19(17-5-3-2-4-6-17)23(21,22)20-12-11-15(13-20)14-7-9-16(18)10-8-14/h7-10,15,17H,2-6,11-13H2,1H3/t15-/m1/s1. The fraction of sp³-hybridized carbons (Fsp3) is 0.647. The van der Waals surface area contributed by atoms with Gasteiger partial charge in [-0.15, -0.1) is 0 Å². The van der Waals surface area contributed by atoms with Crippen molar-refractivity contribution in [2.75, 3.05) is 20.1 Å². The molecule has 1 heterocycles. The van der Waals surface area contributed by atoms with E-state index in [0.717, 1.165) is 37.7 Å². The molecule has 0 spiro atoms. The van der Waals surface area contributed by atoms with E-state index in [1.165, 1.54) is 18.6 Å². The summed E-state index contributed by atoms with van der Waals surface area (Å²) in [6.45, 7) is 1.03. The molecule has 1 aliphatic carbocycles. The number of nitrogens with zero attached hydrogens (tertiary/aromatic N) is 2. The Balaban J connectivity index is 1.68. The van der Waals surface area contributed by atoms with E-state index in [-0.39, 0.29) is 17.8 Å². The molecular weight excluding hydrogens is 315 g/mol. The highest BCUT2D eigenvalue weighted by atomic mass is 32.2. The van der Waals surface area contributed by atoms with Crippen LogP contribution in [0.1, 0.15) is 50.0 Å². The average Bonchev–Trinajstić information content (AvgIpc) is 3.06. The van der Waals surface area contributed by atoms with Crippen molar-refractivity contribution in [2.24, 2.45) is 0 Å². The molecule has 0 radical (unpaired) electrons. The van der Waals surface area contributed by atoms with Crippen molar-refractivity contribution < 1.29 is 12.8 Å². The molecule has 0 bridgehead atoms. The van der Waals surface area contributed by atoms with Crippen LogP contribution in [0.4, 0.5) is 4.39 Å². The van der Waals surface area contributed by atoms with E-state index < -0.39 is 10.2 Å². The first kappa shape index (κ1) is 16.9. The van der Waals surface area contributed by atoms with E-state index in [1.807, 2.05) is 0 Å². The SMILES string of the molecule is CN(C1CCCCC1)S(=O)(=O)N1CC[C@@H](c2ccc(F)cc2)C1. The third-order valence-electron chi connectivity index (χ3n) is 5.27. The first-order valence-corrected chi connectivity index (χ1v) is 9.87. The Morgan fingerprint density at radius 1 is 1.09 bits per heavy atom. The minimum atomic E-state index is -3.39. The number of hydrogen-bond acceptors (Lipinski definition) is 2. The van der Waals surface area contributed by atoms with E-state index in [9.17, 15) is 12.8 Å². The van der Waals surface area contributed by atoms with Gasteiger partial charge in [0.05, 0.1) is 0 Å². The Morgan fingerprint density at radius 2 is 1.74 bits per heavy atom. The van der Waals surface area contributed by atoms with Crippen LogP contribution in [-0.2, 0) is 10.2 Å². The predicted molar refractivity (Wildman–Crippen MR) is 88.9 cm³/mol. The fourth-order valence-electron chi connectivity index (χ4n) is 3.76. The van der Waals surface area contributed by atoms with Gasteiger partial charge in [-0.1, -0.05) is 31.4 Å². The van der Waals surface area contributed by atoms with Crippen molar-refractivity contribution in [3.63, 3.8) is 0 Å². The lowest BCUT2D eigenvalue weighted by Gasteiger charge is -2.33. The van der Waals surface area contributed by atoms with Gasteiger partial charge in [0, 0.05) is 26.2 Å². The van der Waals surface area contributed by atoms with E-state index >= 15 is 0 Å². The van der Waals surface area contributed by atoms with Crippen molar-refractivity contribution >= 4 is 10.2 Å². The second-order valence-electron chi connectivity index (χ2n) is 6.71. The number of hydrogen-bond donors (Lipinski definition) is 0. The highest BCUT2D eigenvalue weighted by molar-refractivity contribution is 7.86. The summed E-state index contributed by atoms with van der Waals surface area (Å²) >= 11 is 0. The van der Waals surface area contributed by atoms with Crippen LogP contribution in [0.3, 0.4) is 0 Å². The third kappa shape index (κ3) is 3.59. The Labute approximate surface area is 138 Å². The van der Waals surface area contributed by atoms with Crippen LogP contribution >= 0.6 is 0 Å². The van der Waals surface area contributed by atoms with E-state index in [4.69, 9.17) is 0 Å². The van der Waals surface area contributed by atoms with Gasteiger partial charge in [0.25, 0.3) is 10.2 Å². The monoisotopic (exact) mass is 340 g/mol. The molecule has 6 heteroatoms. The van der Waals surface area contributed by atoms with Gasteiger partial charge in [-0.25, -0.2) is 4.39 Å². The van der Waals surface area contributed by atoms with Crippen molar-refractivity contribution in [3.05, 3.63) is 35.6 Å². The van der Waals surface area contributed by atoms with Gasteiger partial charge in [0.15, 0.2) is 0 Å². The van der Waals surface area contributed by atoms with Gasteiger partial charge in [0.1, 0.15) is 5.82 Å². The van der Waals surface area contributed by atoms with Crippen molar-refractivity contribution in [1.82, 2.24) is 8.61 Å². The Hall–Kier alpha value is -0.980. The molecule has 23 heavy (non-hydrogen) atoms. The molecule has 0 N–H and O–H groups in total. The summed E-state index contributed by atoms with van der Waals surface area (Å²) in [5, 5.41) is 0. The molecule has 0 amide bonds. The zero-order valence-corrected chi connectivity index (χ0v) is 14.4. The third-order valence-corrected chi connectivity index (χ3v) is 7.28. The molecule has 2 aliphatic rings. The summed E-state index contributed by atoms with van der Waals surface area (Å²) in [4.78, 5) is 0. The zero-order chi connectivity index (χ0) is 16.4. The van der Waals surface area contributed by atoms with Crippen LogP contribution in [0, 0.1) is 5.82 Å². The summed E-state index contributed by atoms with van der Waals surface area (Å²) in [6.07, 6.45) is 6.16. The fourth-order valence-corrected chi connectivity index (χ4v) is 5.42. The Bertz CT molecular complexity index is 626. The van der Waals surface area contributed by atoms with Gasteiger partial charge in [0.2, 0.25) is 0 Å². The largest absolute Gasteiger partial charge is 0.281 e. The number of rotatable bonds is 4. The lowest BCUT2D eigenvalue weighted by Crippen LogP contribution is -2.46. The second-order valence-corrected chi connectivity index (χ2v) is 8.70. The van der Waals surface area contributed by atoms with Crippen LogP contribution in [-0.4, -0.2) is 43.2 Å². The molecule has 1 saturated carbocycles. The minimum absolute atomic E-state index is 0.138. The van der Waals surface area contributed by atoms with E-state index in [2.05, 4.69) is 0 Å². The Morgan fingerprint density at radius 3 is 2.39 bits per heavy atom. The molecule has 1 saturated heterocycles. The van der Waals surface area contributed by atoms with Crippen LogP contribution in [0.25, 0.3) is 0 Å². The normalized spacial score (nSPS) is 24.4. The summed E-state index contributed by atoms with van der Waals surface area (Å²) in [5.74, 6) is -0.0987. The minimum Gasteiger partial charge on any atom is -0.207 e. The van der Waals surface area contributed by atoms with Crippen molar-refractivity contribution in [2.45, 2.75) is 50.5 Å². The summed E-state index contributed by atoms with van der Waals surface area (Å²) in [5.41, 5.74) is 1.02. The van der Waals surface area contributed by atoms with Gasteiger partial charge < -0.3 is 0 Å². The molecule has 1 atom stereocenters. The maximum Gasteiger partial charge on any atom is 0.281 e. The highest BCUT2D eigenvalue weighted by Gasteiger charge is 2.37. The van der Waals surface area contributed by atoms with Gasteiger partial charge in [-0.2, -0.15) is 17.0 Å². The zero-order valence-electron chi connectivity index (χ0n) is 13.6. The molecule has 0 aromatic heterocycles. The topological polar surface area (TPSA) is 40.6 Å². The van der Waals surface area contributed by atoms with E-state index in [1.54, 1.807) is 27.8 Å². The van der Waals surface area contributed by atoms with Gasteiger partial charge >= 0.3 is 0 Å². The van der Waals surface area contributed by atoms with Crippen molar-refractivity contribution in [3.8, 4) is 0 Å². The molecule has 2 fully saturated rings. The molecule has 0 unspecified atom stereocenters. The van der Waals surface area contributed by atoms with E-state index in [0.29, 0.717) is 13.1 Å². The maximum absolute atomic E-state index is 13.0. The summed E-state index contributed by atoms with van der Waals surface area (Å²) in [7, 11) is -1.68. The summed E-state index contributed by atoms with van der Waals surface area (Å²) in [6, 6.07) is 6.56. The molecule has 3 rings (SSSR count). The highest BCUT2D eigenvalue weighted by Crippen LogP contribution is 2.31. The molecular formula is C17H25FN2O2S. The second kappa shape index (κ2) is 6.87.